The van der Waals surface area contributed by atoms with Gasteiger partial charge in [-0.15, -0.1) is 0 Å². The fourth-order valence-corrected chi connectivity index (χ4v) is 6.65. The minimum absolute atomic E-state index is 0.112. The van der Waals surface area contributed by atoms with E-state index in [1.54, 1.807) is 7.11 Å². The van der Waals surface area contributed by atoms with Gasteiger partial charge in [-0.1, -0.05) is 26.7 Å². The van der Waals surface area contributed by atoms with Crippen LogP contribution in [0.3, 0.4) is 0 Å². The molecule has 4 heteroatoms. The highest BCUT2D eigenvalue weighted by atomic mass is 16.5. The Morgan fingerprint density at radius 2 is 1.17 bits per heavy atom. The van der Waals surface area contributed by atoms with Gasteiger partial charge >= 0.3 is 0 Å². The molecule has 0 saturated heterocycles. The van der Waals surface area contributed by atoms with Gasteiger partial charge in [0, 0.05) is 25.0 Å². The quantitative estimate of drug-likeness (QED) is 0.553. The Kier molecular flexibility index (Phi) is 9.28. The number of aliphatic hydroxyl groups excluding tert-OH is 2. The lowest BCUT2D eigenvalue weighted by Gasteiger charge is -2.55. The van der Waals surface area contributed by atoms with Crippen molar-refractivity contribution in [2.75, 3.05) is 20.2 Å². The van der Waals surface area contributed by atoms with E-state index in [9.17, 15) is 10.2 Å². The third-order valence-corrected chi connectivity index (χ3v) is 8.57. The Bertz CT molecular complexity index is 439. The molecule has 0 amide bonds. The van der Waals surface area contributed by atoms with Gasteiger partial charge in [0.15, 0.2) is 0 Å². The summed E-state index contributed by atoms with van der Waals surface area (Å²) in [6.07, 6.45) is 14.2. The number of hydrogen-bond acceptors (Lipinski definition) is 4. The first-order valence-corrected chi connectivity index (χ1v) is 12.7. The second-order valence-electron chi connectivity index (χ2n) is 10.2. The molecule has 4 nitrogen and oxygen atoms in total. The lowest BCUT2D eigenvalue weighted by atomic mass is 9.55. The van der Waals surface area contributed by atoms with Crippen LogP contribution in [0.25, 0.3) is 0 Å². The standard InChI is InChI=1S/C25H47NO3/c1-4-6-16-26(17-7-5-2)20-12-8-18(9-13-20)22-24(27)23(25(22)28)19-10-14-21(29-3)15-11-19/h18-25,27-28H,4-17H2,1-3H3. The highest BCUT2D eigenvalue weighted by Crippen LogP contribution is 2.51. The van der Waals surface area contributed by atoms with Crippen LogP contribution in [0.4, 0.5) is 0 Å². The molecule has 0 bridgehead atoms. The molecule has 0 spiro atoms. The third kappa shape index (κ3) is 5.56. The Balaban J connectivity index is 1.47. The first kappa shape index (κ1) is 23.5. The van der Waals surface area contributed by atoms with Gasteiger partial charge in [-0.2, -0.15) is 0 Å². The SMILES string of the molecule is CCCCN(CCCC)C1CCC(C2C(O)C(C3CCC(OC)CC3)C2O)CC1. The number of unbranched alkanes of at least 4 members (excludes halogenated alkanes) is 2. The fourth-order valence-electron chi connectivity index (χ4n) is 6.65. The van der Waals surface area contributed by atoms with E-state index in [4.69, 9.17) is 4.74 Å². The second kappa shape index (κ2) is 11.5. The molecule has 29 heavy (non-hydrogen) atoms. The molecule has 170 valence electrons. The Hall–Kier alpha value is -0.160. The maximum atomic E-state index is 11.0. The van der Waals surface area contributed by atoms with Crippen molar-refractivity contribution in [1.82, 2.24) is 4.90 Å². The summed E-state index contributed by atoms with van der Waals surface area (Å²) in [5.41, 5.74) is 0. The van der Waals surface area contributed by atoms with Crippen LogP contribution in [0.15, 0.2) is 0 Å². The highest BCUT2D eigenvalue weighted by Gasteiger charge is 2.55. The van der Waals surface area contributed by atoms with Crippen molar-refractivity contribution in [3.05, 3.63) is 0 Å². The molecule has 3 saturated carbocycles. The Labute approximate surface area is 179 Å². The Morgan fingerprint density at radius 3 is 1.59 bits per heavy atom. The smallest absolute Gasteiger partial charge is 0.0651 e. The molecule has 2 atom stereocenters. The van der Waals surface area contributed by atoms with Crippen LogP contribution in [-0.2, 0) is 4.74 Å². The van der Waals surface area contributed by atoms with Crippen molar-refractivity contribution in [2.24, 2.45) is 23.7 Å². The molecular formula is C25H47NO3. The van der Waals surface area contributed by atoms with Gasteiger partial charge in [0.2, 0.25) is 0 Å². The van der Waals surface area contributed by atoms with Crippen LogP contribution in [0.5, 0.6) is 0 Å². The molecule has 3 aliphatic rings. The maximum absolute atomic E-state index is 11.0. The topological polar surface area (TPSA) is 52.9 Å². The van der Waals surface area contributed by atoms with Crippen LogP contribution in [0.1, 0.15) is 90.9 Å². The van der Waals surface area contributed by atoms with Gasteiger partial charge in [0.05, 0.1) is 18.3 Å². The summed E-state index contributed by atoms with van der Waals surface area (Å²) in [5.74, 6) is 1.24. The largest absolute Gasteiger partial charge is 0.392 e. The predicted molar refractivity (Wildman–Crippen MR) is 119 cm³/mol. The average molecular weight is 410 g/mol. The summed E-state index contributed by atoms with van der Waals surface area (Å²) < 4.78 is 5.49. The molecule has 0 aromatic carbocycles. The summed E-state index contributed by atoms with van der Waals surface area (Å²) in [6, 6.07) is 0.721. The zero-order valence-electron chi connectivity index (χ0n) is 19.3. The molecule has 3 fully saturated rings. The summed E-state index contributed by atoms with van der Waals surface area (Å²) in [7, 11) is 1.80. The van der Waals surface area contributed by atoms with Crippen LogP contribution in [0, 0.1) is 23.7 Å². The van der Waals surface area contributed by atoms with Crippen LogP contribution >= 0.6 is 0 Å². The van der Waals surface area contributed by atoms with Crippen LogP contribution in [0.2, 0.25) is 0 Å². The van der Waals surface area contributed by atoms with Crippen LogP contribution < -0.4 is 0 Å². The summed E-state index contributed by atoms with van der Waals surface area (Å²) >= 11 is 0. The molecule has 0 aromatic rings. The summed E-state index contributed by atoms with van der Waals surface area (Å²) in [4.78, 5) is 2.74. The van der Waals surface area contributed by atoms with E-state index in [2.05, 4.69) is 18.7 Å². The molecule has 3 rings (SSSR count). The van der Waals surface area contributed by atoms with Gasteiger partial charge in [0.1, 0.15) is 0 Å². The first-order valence-electron chi connectivity index (χ1n) is 12.7. The monoisotopic (exact) mass is 409 g/mol. The highest BCUT2D eigenvalue weighted by molar-refractivity contribution is 5.04. The van der Waals surface area contributed by atoms with Crippen molar-refractivity contribution in [1.29, 1.82) is 0 Å². The Morgan fingerprint density at radius 1 is 0.724 bits per heavy atom. The van der Waals surface area contributed by atoms with Crippen molar-refractivity contribution >= 4 is 0 Å². The van der Waals surface area contributed by atoms with E-state index in [-0.39, 0.29) is 24.0 Å². The molecule has 0 heterocycles. The molecule has 2 N–H and O–H groups in total. The number of methoxy groups -OCH3 is 1. The lowest BCUT2D eigenvalue weighted by Crippen LogP contribution is -2.61. The lowest BCUT2D eigenvalue weighted by molar-refractivity contribution is -0.200. The van der Waals surface area contributed by atoms with Gasteiger partial charge < -0.3 is 19.8 Å². The zero-order valence-corrected chi connectivity index (χ0v) is 19.3. The van der Waals surface area contributed by atoms with Gasteiger partial charge in [0.25, 0.3) is 0 Å². The van der Waals surface area contributed by atoms with E-state index >= 15 is 0 Å². The molecule has 3 aliphatic carbocycles. The average Bonchev–Trinajstić information content (AvgIpc) is 2.75. The summed E-state index contributed by atoms with van der Waals surface area (Å²) in [5, 5.41) is 21.9. The van der Waals surface area contributed by atoms with Crippen molar-refractivity contribution in [3.8, 4) is 0 Å². The molecule has 2 unspecified atom stereocenters. The van der Waals surface area contributed by atoms with Crippen molar-refractivity contribution in [2.45, 2.75) is 115 Å². The molecule has 0 aromatic heterocycles. The van der Waals surface area contributed by atoms with Crippen molar-refractivity contribution in [3.63, 3.8) is 0 Å². The van der Waals surface area contributed by atoms with Crippen molar-refractivity contribution < 1.29 is 14.9 Å². The van der Waals surface area contributed by atoms with E-state index < -0.39 is 0 Å². The number of rotatable bonds is 10. The molecular weight excluding hydrogens is 362 g/mol. The van der Waals surface area contributed by atoms with E-state index in [0.29, 0.717) is 17.9 Å². The molecule has 0 aliphatic heterocycles. The number of aliphatic hydroxyl groups is 2. The second-order valence-corrected chi connectivity index (χ2v) is 10.2. The van der Waals surface area contributed by atoms with Gasteiger partial charge in [-0.25, -0.2) is 0 Å². The minimum Gasteiger partial charge on any atom is -0.392 e. The zero-order chi connectivity index (χ0) is 20.8. The van der Waals surface area contributed by atoms with Gasteiger partial charge in [-0.3, -0.25) is 0 Å². The van der Waals surface area contributed by atoms with E-state index in [0.717, 1.165) is 31.7 Å². The maximum Gasteiger partial charge on any atom is 0.0651 e. The summed E-state index contributed by atoms with van der Waals surface area (Å²) in [6.45, 7) is 7.05. The van der Waals surface area contributed by atoms with Gasteiger partial charge in [-0.05, 0) is 89.1 Å². The third-order valence-electron chi connectivity index (χ3n) is 8.57. The number of hydrogen-bond donors (Lipinski definition) is 2. The van der Waals surface area contributed by atoms with E-state index in [1.807, 2.05) is 0 Å². The fraction of sp³-hybridized carbons (Fsp3) is 1.00. The first-order chi connectivity index (χ1) is 14.1. The number of nitrogens with zero attached hydrogens (tertiary/aromatic N) is 1. The molecule has 0 radical (unpaired) electrons. The number of ether oxygens (including phenoxy) is 1. The van der Waals surface area contributed by atoms with E-state index in [1.165, 1.54) is 64.5 Å². The van der Waals surface area contributed by atoms with Crippen LogP contribution in [-0.4, -0.2) is 59.7 Å². The normalized spacial score (nSPS) is 40.8. The minimum atomic E-state index is -0.285. The predicted octanol–water partition coefficient (Wildman–Crippen LogP) is 4.62.